The summed E-state index contributed by atoms with van der Waals surface area (Å²) in [4.78, 5) is 24.3. The number of likely N-dealkylation sites (tertiary alicyclic amines) is 1. The molecule has 1 aliphatic heterocycles. The summed E-state index contributed by atoms with van der Waals surface area (Å²) in [5.41, 5.74) is 6.08. The summed E-state index contributed by atoms with van der Waals surface area (Å²) in [5, 5.41) is 12.2. The molecule has 1 aromatic heterocycles. The predicted octanol–water partition coefficient (Wildman–Crippen LogP) is 1.23. The first-order valence-corrected chi connectivity index (χ1v) is 7.21. The summed E-state index contributed by atoms with van der Waals surface area (Å²) in [5.74, 6) is -0.195. The van der Waals surface area contributed by atoms with Gasteiger partial charge >= 0.3 is 5.00 Å². The van der Waals surface area contributed by atoms with Crippen molar-refractivity contribution >= 4 is 22.2 Å². The van der Waals surface area contributed by atoms with E-state index in [1.165, 1.54) is 11.4 Å². The van der Waals surface area contributed by atoms with E-state index >= 15 is 0 Å². The topological polar surface area (TPSA) is 98.7 Å². The molecule has 0 aromatic carbocycles. The lowest BCUT2D eigenvalue weighted by molar-refractivity contribution is -0.380. The standard InChI is InChI=1S/C12H17N3O4S/c1-19-10-2-3-14(9(5-10)6-13)12(16)8-4-11(15(17)18)20-7-8/h4,7,9-10H,2-3,5-6,13H2,1H3. The summed E-state index contributed by atoms with van der Waals surface area (Å²) in [6, 6.07) is 1.24. The number of carbonyl (C=O) groups is 1. The Hall–Kier alpha value is -1.51. The molecule has 2 atom stereocenters. The number of carbonyl (C=O) groups excluding carboxylic acids is 1. The van der Waals surface area contributed by atoms with Crippen LogP contribution in [0.1, 0.15) is 23.2 Å². The van der Waals surface area contributed by atoms with Crippen molar-refractivity contribution in [1.29, 1.82) is 0 Å². The number of methoxy groups -OCH3 is 1. The lowest BCUT2D eigenvalue weighted by Crippen LogP contribution is -2.51. The molecule has 20 heavy (non-hydrogen) atoms. The Labute approximate surface area is 120 Å². The fraction of sp³-hybridized carbons (Fsp3) is 0.583. The number of rotatable bonds is 4. The van der Waals surface area contributed by atoms with Gasteiger partial charge in [-0.1, -0.05) is 11.3 Å². The minimum absolute atomic E-state index is 0.0237. The Kier molecular flexibility index (Phi) is 4.69. The Morgan fingerprint density at radius 1 is 1.70 bits per heavy atom. The van der Waals surface area contributed by atoms with Crippen LogP contribution in [0.3, 0.4) is 0 Å². The van der Waals surface area contributed by atoms with Crippen LogP contribution in [0, 0.1) is 10.1 Å². The molecule has 0 aliphatic carbocycles. The maximum atomic E-state index is 12.4. The van der Waals surface area contributed by atoms with Crippen LogP contribution in [-0.4, -0.2) is 48.1 Å². The van der Waals surface area contributed by atoms with Crippen LogP contribution in [0.25, 0.3) is 0 Å². The van der Waals surface area contributed by atoms with Gasteiger partial charge in [0.05, 0.1) is 16.6 Å². The second kappa shape index (κ2) is 6.29. The third-order valence-electron chi connectivity index (χ3n) is 3.55. The predicted molar refractivity (Wildman–Crippen MR) is 74.9 cm³/mol. The van der Waals surface area contributed by atoms with E-state index in [1.807, 2.05) is 0 Å². The van der Waals surface area contributed by atoms with Crippen molar-refractivity contribution in [3.63, 3.8) is 0 Å². The molecule has 0 saturated carbocycles. The Morgan fingerprint density at radius 3 is 3.00 bits per heavy atom. The summed E-state index contributed by atoms with van der Waals surface area (Å²) in [7, 11) is 1.65. The van der Waals surface area contributed by atoms with Gasteiger partial charge in [0.25, 0.3) is 5.91 Å². The normalized spacial score (nSPS) is 22.8. The van der Waals surface area contributed by atoms with Crippen molar-refractivity contribution < 1.29 is 14.5 Å². The average Bonchev–Trinajstić information content (AvgIpc) is 2.95. The molecule has 1 fully saturated rings. The molecule has 0 bridgehead atoms. The summed E-state index contributed by atoms with van der Waals surface area (Å²) >= 11 is 0.961. The quantitative estimate of drug-likeness (QED) is 0.666. The fourth-order valence-electron chi connectivity index (χ4n) is 2.42. The monoisotopic (exact) mass is 299 g/mol. The molecule has 1 aliphatic rings. The molecule has 110 valence electrons. The van der Waals surface area contributed by atoms with Gasteiger partial charge in [-0.25, -0.2) is 0 Å². The number of nitrogens with two attached hydrogens (primary N) is 1. The van der Waals surface area contributed by atoms with Crippen LogP contribution in [-0.2, 0) is 4.74 Å². The smallest absolute Gasteiger partial charge is 0.324 e. The Morgan fingerprint density at radius 2 is 2.45 bits per heavy atom. The molecule has 2 rings (SSSR count). The first-order valence-electron chi connectivity index (χ1n) is 6.33. The minimum Gasteiger partial charge on any atom is -0.381 e. The molecule has 0 spiro atoms. The Balaban J connectivity index is 2.12. The highest BCUT2D eigenvalue weighted by Crippen LogP contribution is 2.26. The first kappa shape index (κ1) is 14.9. The van der Waals surface area contributed by atoms with Crippen LogP contribution in [0.4, 0.5) is 5.00 Å². The third kappa shape index (κ3) is 2.97. The molecule has 8 heteroatoms. The van der Waals surface area contributed by atoms with Crippen molar-refractivity contribution in [2.45, 2.75) is 25.0 Å². The van der Waals surface area contributed by atoms with Crippen molar-refractivity contribution in [2.24, 2.45) is 5.73 Å². The highest BCUT2D eigenvalue weighted by atomic mass is 32.1. The zero-order valence-corrected chi connectivity index (χ0v) is 12.0. The molecule has 2 N–H and O–H groups in total. The fourth-order valence-corrected chi connectivity index (χ4v) is 3.12. The van der Waals surface area contributed by atoms with E-state index in [-0.39, 0.29) is 23.1 Å². The van der Waals surface area contributed by atoms with Gasteiger partial charge in [0.2, 0.25) is 0 Å². The van der Waals surface area contributed by atoms with E-state index in [2.05, 4.69) is 0 Å². The zero-order chi connectivity index (χ0) is 14.7. The summed E-state index contributed by atoms with van der Waals surface area (Å²) in [6.07, 6.45) is 1.57. The van der Waals surface area contributed by atoms with Crippen LogP contribution >= 0.6 is 11.3 Å². The SMILES string of the molecule is COC1CCN(C(=O)c2csc([N+](=O)[O-])c2)C(CN)C1. The number of hydrogen-bond donors (Lipinski definition) is 1. The third-order valence-corrected chi connectivity index (χ3v) is 4.43. The van der Waals surface area contributed by atoms with Crippen LogP contribution in [0.2, 0.25) is 0 Å². The van der Waals surface area contributed by atoms with Gasteiger partial charge in [0.15, 0.2) is 0 Å². The van der Waals surface area contributed by atoms with Gasteiger partial charge in [0, 0.05) is 37.7 Å². The molecule has 1 aromatic rings. The van der Waals surface area contributed by atoms with Gasteiger partial charge in [-0.15, -0.1) is 0 Å². The van der Waals surface area contributed by atoms with E-state index in [4.69, 9.17) is 10.5 Å². The number of piperidine rings is 1. The lowest BCUT2D eigenvalue weighted by atomic mass is 9.98. The molecule has 1 amide bonds. The first-order chi connectivity index (χ1) is 9.56. The molecule has 7 nitrogen and oxygen atoms in total. The molecule has 0 radical (unpaired) electrons. The van der Waals surface area contributed by atoms with Crippen molar-refractivity contribution in [1.82, 2.24) is 4.90 Å². The van der Waals surface area contributed by atoms with Crippen LogP contribution < -0.4 is 5.73 Å². The van der Waals surface area contributed by atoms with Crippen molar-refractivity contribution in [3.05, 3.63) is 27.1 Å². The molecule has 2 heterocycles. The second-order valence-electron chi connectivity index (χ2n) is 4.70. The summed E-state index contributed by atoms with van der Waals surface area (Å²) < 4.78 is 5.31. The largest absolute Gasteiger partial charge is 0.381 e. The molecule has 1 saturated heterocycles. The van der Waals surface area contributed by atoms with E-state index in [0.29, 0.717) is 25.1 Å². The number of nitrogens with zero attached hydrogens (tertiary/aromatic N) is 2. The highest BCUT2D eigenvalue weighted by molar-refractivity contribution is 7.13. The van der Waals surface area contributed by atoms with Crippen LogP contribution in [0.15, 0.2) is 11.4 Å². The number of ether oxygens (including phenoxy) is 1. The Bertz CT molecular complexity index is 505. The molecular formula is C12H17N3O4S. The van der Waals surface area contributed by atoms with Gasteiger partial charge in [-0.05, 0) is 12.8 Å². The van der Waals surface area contributed by atoms with Crippen molar-refractivity contribution in [2.75, 3.05) is 20.2 Å². The van der Waals surface area contributed by atoms with Crippen molar-refractivity contribution in [3.8, 4) is 0 Å². The van der Waals surface area contributed by atoms with E-state index in [0.717, 1.165) is 17.8 Å². The minimum atomic E-state index is -0.487. The number of hydrogen-bond acceptors (Lipinski definition) is 6. The second-order valence-corrected chi connectivity index (χ2v) is 5.59. The highest BCUT2D eigenvalue weighted by Gasteiger charge is 2.32. The van der Waals surface area contributed by atoms with Gasteiger partial charge < -0.3 is 15.4 Å². The lowest BCUT2D eigenvalue weighted by Gasteiger charge is -2.38. The van der Waals surface area contributed by atoms with Gasteiger partial charge in [-0.2, -0.15) is 0 Å². The number of nitro groups is 1. The summed E-state index contributed by atoms with van der Waals surface area (Å²) in [6.45, 7) is 0.917. The number of amides is 1. The molecular weight excluding hydrogens is 282 g/mol. The van der Waals surface area contributed by atoms with Crippen LogP contribution in [0.5, 0.6) is 0 Å². The maximum Gasteiger partial charge on any atom is 0.324 e. The average molecular weight is 299 g/mol. The number of thiophene rings is 1. The van der Waals surface area contributed by atoms with E-state index < -0.39 is 4.92 Å². The van der Waals surface area contributed by atoms with Gasteiger partial charge in [0.1, 0.15) is 0 Å². The van der Waals surface area contributed by atoms with E-state index in [9.17, 15) is 14.9 Å². The molecule has 2 unspecified atom stereocenters. The van der Waals surface area contributed by atoms with Gasteiger partial charge in [-0.3, -0.25) is 14.9 Å². The van der Waals surface area contributed by atoms with E-state index in [1.54, 1.807) is 12.0 Å². The maximum absolute atomic E-state index is 12.4. The zero-order valence-electron chi connectivity index (χ0n) is 11.2.